The van der Waals surface area contributed by atoms with Gasteiger partial charge in [-0.05, 0) is 51.0 Å². The number of guanidine groups is 1. The molecule has 0 unspecified atom stereocenters. The third-order valence-corrected chi connectivity index (χ3v) is 3.60. The first-order chi connectivity index (χ1) is 12.1. The third kappa shape index (κ3) is 8.09. The second-order valence-corrected chi connectivity index (χ2v) is 7.29. The number of rotatable bonds is 6. The fourth-order valence-corrected chi connectivity index (χ4v) is 2.22. The molecule has 1 aromatic rings. The van der Waals surface area contributed by atoms with Crippen LogP contribution < -0.4 is 20.9 Å². The zero-order valence-corrected chi connectivity index (χ0v) is 17.1. The van der Waals surface area contributed by atoms with Crippen LogP contribution in [0.15, 0.2) is 23.2 Å². The fraction of sp³-hybridized carbons (Fsp3) is 0.579. The SMILES string of the molecule is CN=C(NCCNC(=O)OC(C)(C)C)NCc1ccc(N(C)C)cc1C. The van der Waals surface area contributed by atoms with Gasteiger partial charge in [-0.25, -0.2) is 4.79 Å². The lowest BCUT2D eigenvalue weighted by Gasteiger charge is -2.20. The molecule has 26 heavy (non-hydrogen) atoms. The van der Waals surface area contributed by atoms with Crippen LogP contribution in [0.3, 0.4) is 0 Å². The summed E-state index contributed by atoms with van der Waals surface area (Å²) in [6.45, 7) is 9.30. The molecule has 1 amide bonds. The molecule has 0 aliphatic carbocycles. The fourth-order valence-electron chi connectivity index (χ4n) is 2.22. The lowest BCUT2D eigenvalue weighted by atomic mass is 10.1. The lowest BCUT2D eigenvalue weighted by molar-refractivity contribution is 0.0529. The molecule has 7 nitrogen and oxygen atoms in total. The van der Waals surface area contributed by atoms with Gasteiger partial charge in [0.2, 0.25) is 0 Å². The summed E-state index contributed by atoms with van der Waals surface area (Å²) in [5.74, 6) is 0.687. The molecule has 0 saturated heterocycles. The van der Waals surface area contributed by atoms with Crippen molar-refractivity contribution in [2.24, 2.45) is 4.99 Å². The maximum atomic E-state index is 11.6. The topological polar surface area (TPSA) is 78.0 Å². The monoisotopic (exact) mass is 363 g/mol. The number of aliphatic imine (C=N–C) groups is 1. The molecule has 1 aromatic carbocycles. The van der Waals surface area contributed by atoms with Crippen molar-refractivity contribution in [3.63, 3.8) is 0 Å². The summed E-state index contributed by atoms with van der Waals surface area (Å²) in [5, 5.41) is 9.16. The van der Waals surface area contributed by atoms with E-state index in [0.29, 0.717) is 25.6 Å². The van der Waals surface area contributed by atoms with Crippen molar-refractivity contribution < 1.29 is 9.53 Å². The minimum Gasteiger partial charge on any atom is -0.444 e. The van der Waals surface area contributed by atoms with Crippen LogP contribution in [-0.4, -0.2) is 51.9 Å². The highest BCUT2D eigenvalue weighted by Crippen LogP contribution is 2.17. The second-order valence-electron chi connectivity index (χ2n) is 7.29. The number of ether oxygens (including phenoxy) is 1. The van der Waals surface area contributed by atoms with Crippen molar-refractivity contribution in [2.75, 3.05) is 39.1 Å². The van der Waals surface area contributed by atoms with Gasteiger partial charge in [-0.1, -0.05) is 6.07 Å². The van der Waals surface area contributed by atoms with Crippen LogP contribution in [0, 0.1) is 6.92 Å². The molecule has 0 aliphatic heterocycles. The van der Waals surface area contributed by atoms with Gasteiger partial charge in [0.25, 0.3) is 0 Å². The molecule has 0 saturated carbocycles. The van der Waals surface area contributed by atoms with Crippen molar-refractivity contribution in [3.8, 4) is 0 Å². The molecule has 0 aliphatic rings. The molecule has 0 radical (unpaired) electrons. The molecule has 0 bridgehead atoms. The van der Waals surface area contributed by atoms with Gasteiger partial charge in [-0.3, -0.25) is 4.99 Å². The summed E-state index contributed by atoms with van der Waals surface area (Å²) < 4.78 is 5.19. The highest BCUT2D eigenvalue weighted by atomic mass is 16.6. The van der Waals surface area contributed by atoms with Crippen molar-refractivity contribution in [3.05, 3.63) is 29.3 Å². The summed E-state index contributed by atoms with van der Waals surface area (Å²) in [6.07, 6.45) is -0.418. The molecular formula is C19H33N5O2. The van der Waals surface area contributed by atoms with Gasteiger partial charge in [0, 0.05) is 46.5 Å². The van der Waals surface area contributed by atoms with Crippen LogP contribution in [0.5, 0.6) is 0 Å². The van der Waals surface area contributed by atoms with E-state index >= 15 is 0 Å². The Hall–Kier alpha value is -2.44. The number of nitrogens with zero attached hydrogens (tertiary/aromatic N) is 2. The molecule has 0 aromatic heterocycles. The van der Waals surface area contributed by atoms with Crippen molar-refractivity contribution in [2.45, 2.75) is 39.8 Å². The minimum atomic E-state index is -0.491. The Morgan fingerprint density at radius 3 is 2.35 bits per heavy atom. The van der Waals surface area contributed by atoms with Gasteiger partial charge >= 0.3 is 6.09 Å². The standard InChI is InChI=1S/C19H33N5O2/c1-14-12-16(24(6)7)9-8-15(14)13-23-17(20-5)21-10-11-22-18(25)26-19(2,3)4/h8-9,12H,10-11,13H2,1-7H3,(H,22,25)(H2,20,21,23). The average molecular weight is 364 g/mol. The largest absolute Gasteiger partial charge is 0.444 e. The molecule has 3 N–H and O–H groups in total. The van der Waals surface area contributed by atoms with E-state index < -0.39 is 11.7 Å². The van der Waals surface area contributed by atoms with Gasteiger partial charge in [0.15, 0.2) is 5.96 Å². The summed E-state index contributed by atoms with van der Waals surface area (Å²) in [7, 11) is 5.78. The van der Waals surface area contributed by atoms with Gasteiger partial charge < -0.3 is 25.6 Å². The number of alkyl carbamates (subject to hydrolysis) is 1. The van der Waals surface area contributed by atoms with E-state index in [-0.39, 0.29) is 0 Å². The maximum Gasteiger partial charge on any atom is 0.407 e. The summed E-state index contributed by atoms with van der Waals surface area (Å²) in [5.41, 5.74) is 3.13. The number of amides is 1. The Bertz CT molecular complexity index is 621. The van der Waals surface area contributed by atoms with E-state index in [2.05, 4.69) is 51.0 Å². The third-order valence-electron chi connectivity index (χ3n) is 3.60. The quantitative estimate of drug-likeness (QED) is 0.410. The van der Waals surface area contributed by atoms with Crippen LogP contribution in [0.2, 0.25) is 0 Å². The van der Waals surface area contributed by atoms with E-state index in [4.69, 9.17) is 4.74 Å². The maximum absolute atomic E-state index is 11.6. The Kier molecular flexibility index (Phi) is 8.22. The second kappa shape index (κ2) is 9.89. The van der Waals surface area contributed by atoms with Crippen LogP contribution >= 0.6 is 0 Å². The van der Waals surface area contributed by atoms with E-state index in [1.807, 2.05) is 34.9 Å². The Morgan fingerprint density at radius 1 is 1.15 bits per heavy atom. The number of carbonyl (C=O) groups is 1. The van der Waals surface area contributed by atoms with E-state index in [1.165, 1.54) is 16.8 Å². The number of hydrogen-bond donors (Lipinski definition) is 3. The zero-order valence-electron chi connectivity index (χ0n) is 17.1. The van der Waals surface area contributed by atoms with E-state index in [0.717, 1.165) is 0 Å². The zero-order chi connectivity index (χ0) is 19.7. The van der Waals surface area contributed by atoms with Crippen molar-refractivity contribution in [1.29, 1.82) is 0 Å². The first-order valence-corrected chi connectivity index (χ1v) is 8.80. The first-order valence-electron chi connectivity index (χ1n) is 8.80. The van der Waals surface area contributed by atoms with E-state index in [1.54, 1.807) is 7.05 Å². The predicted octanol–water partition coefficient (Wildman–Crippen LogP) is 2.25. The highest BCUT2D eigenvalue weighted by Gasteiger charge is 2.15. The van der Waals surface area contributed by atoms with Gasteiger partial charge in [0.1, 0.15) is 5.60 Å². The van der Waals surface area contributed by atoms with Crippen LogP contribution in [0.1, 0.15) is 31.9 Å². The Labute approximate surface area is 157 Å². The highest BCUT2D eigenvalue weighted by molar-refractivity contribution is 5.79. The molecule has 0 fully saturated rings. The molecule has 0 atom stereocenters. The Morgan fingerprint density at radius 2 is 1.81 bits per heavy atom. The summed E-state index contributed by atoms with van der Waals surface area (Å²) in [4.78, 5) is 17.9. The first kappa shape index (κ1) is 21.6. The number of carbonyl (C=O) groups excluding carboxylic acids is 1. The van der Waals surface area contributed by atoms with Crippen molar-refractivity contribution >= 4 is 17.7 Å². The predicted molar refractivity (Wildman–Crippen MR) is 108 cm³/mol. The average Bonchev–Trinajstić information content (AvgIpc) is 2.53. The van der Waals surface area contributed by atoms with Gasteiger partial charge in [0.05, 0.1) is 0 Å². The molecule has 0 spiro atoms. The number of aryl methyl sites for hydroxylation is 1. The van der Waals surface area contributed by atoms with Crippen LogP contribution in [0.4, 0.5) is 10.5 Å². The van der Waals surface area contributed by atoms with Crippen LogP contribution in [-0.2, 0) is 11.3 Å². The number of anilines is 1. The minimum absolute atomic E-state index is 0.418. The van der Waals surface area contributed by atoms with Crippen LogP contribution in [0.25, 0.3) is 0 Å². The van der Waals surface area contributed by atoms with E-state index in [9.17, 15) is 4.79 Å². The van der Waals surface area contributed by atoms with Gasteiger partial charge in [-0.2, -0.15) is 0 Å². The molecule has 1 rings (SSSR count). The Balaban J connectivity index is 2.39. The number of nitrogens with one attached hydrogen (secondary N) is 3. The summed E-state index contributed by atoms with van der Waals surface area (Å²) >= 11 is 0. The van der Waals surface area contributed by atoms with Gasteiger partial charge in [-0.15, -0.1) is 0 Å². The molecule has 7 heteroatoms. The molecule has 146 valence electrons. The number of hydrogen-bond acceptors (Lipinski definition) is 4. The molecule has 0 heterocycles. The summed E-state index contributed by atoms with van der Waals surface area (Å²) in [6, 6.07) is 6.39. The smallest absolute Gasteiger partial charge is 0.407 e. The lowest BCUT2D eigenvalue weighted by Crippen LogP contribution is -2.42. The normalized spacial score (nSPS) is 11.7. The molecular weight excluding hydrogens is 330 g/mol. The number of benzene rings is 1. The van der Waals surface area contributed by atoms with Crippen molar-refractivity contribution in [1.82, 2.24) is 16.0 Å².